The van der Waals surface area contributed by atoms with Crippen LogP contribution in [-0.4, -0.2) is 16.8 Å². The number of anilines is 1. The van der Waals surface area contributed by atoms with Gasteiger partial charge in [-0.25, -0.2) is 0 Å². The number of hydrogen-bond acceptors (Lipinski definition) is 6. The molecule has 5 nitrogen and oxygen atoms in total. The summed E-state index contributed by atoms with van der Waals surface area (Å²) in [6.07, 6.45) is 1.67. The summed E-state index contributed by atoms with van der Waals surface area (Å²) in [7, 11) is 0. The lowest BCUT2D eigenvalue weighted by Crippen LogP contribution is -2.27. The van der Waals surface area contributed by atoms with Crippen LogP contribution < -0.4 is 9.64 Å². The third-order valence-corrected chi connectivity index (χ3v) is 5.71. The van der Waals surface area contributed by atoms with Gasteiger partial charge in [-0.15, -0.1) is 0 Å². The fraction of sp³-hybridized carbons (Fsp3) is 0.0870. The highest BCUT2D eigenvalue weighted by atomic mass is 32.2. The molecule has 30 heavy (non-hydrogen) atoms. The van der Waals surface area contributed by atoms with Crippen molar-refractivity contribution in [2.45, 2.75) is 6.92 Å². The average Bonchev–Trinajstić information content (AvgIpc) is 3.33. The summed E-state index contributed by atoms with van der Waals surface area (Å²) < 4.78 is 11.8. The fourth-order valence-corrected chi connectivity index (χ4v) is 4.33. The highest BCUT2D eigenvalue weighted by molar-refractivity contribution is 8.27. The van der Waals surface area contributed by atoms with E-state index in [1.807, 2.05) is 43.3 Å². The maximum Gasteiger partial charge on any atom is 0.270 e. The predicted molar refractivity (Wildman–Crippen MR) is 122 cm³/mol. The number of benzene rings is 2. The van der Waals surface area contributed by atoms with E-state index in [9.17, 15) is 10.1 Å². The number of carbonyl (C=O) groups is 1. The zero-order chi connectivity index (χ0) is 21.1. The maximum absolute atomic E-state index is 12.9. The molecule has 1 aromatic heterocycles. The summed E-state index contributed by atoms with van der Waals surface area (Å²) in [5.74, 6) is 1.62. The number of thiocarbonyl (C=S) groups is 1. The van der Waals surface area contributed by atoms with Gasteiger partial charge in [-0.05, 0) is 55.5 Å². The zero-order valence-corrected chi connectivity index (χ0v) is 17.6. The van der Waals surface area contributed by atoms with Crippen LogP contribution in [0, 0.1) is 11.3 Å². The number of rotatable bonds is 5. The number of amides is 1. The normalized spacial score (nSPS) is 14.9. The monoisotopic (exact) mass is 432 g/mol. The van der Waals surface area contributed by atoms with Gasteiger partial charge in [-0.3, -0.25) is 9.69 Å². The van der Waals surface area contributed by atoms with Gasteiger partial charge in [0.1, 0.15) is 17.3 Å². The third-order valence-electron chi connectivity index (χ3n) is 4.41. The average molecular weight is 433 g/mol. The van der Waals surface area contributed by atoms with E-state index in [2.05, 4.69) is 6.07 Å². The Kier molecular flexibility index (Phi) is 5.70. The summed E-state index contributed by atoms with van der Waals surface area (Å²) >= 11 is 6.64. The van der Waals surface area contributed by atoms with Gasteiger partial charge in [0.05, 0.1) is 28.8 Å². The van der Waals surface area contributed by atoms with Crippen molar-refractivity contribution >= 4 is 46.0 Å². The molecule has 0 unspecified atom stereocenters. The number of thioether (sulfide) groups is 1. The predicted octanol–water partition coefficient (Wildman–Crippen LogP) is 5.62. The van der Waals surface area contributed by atoms with Gasteiger partial charge in [-0.1, -0.05) is 36.1 Å². The first-order valence-corrected chi connectivity index (χ1v) is 10.4. The summed E-state index contributed by atoms with van der Waals surface area (Å²) in [6, 6.07) is 20.2. The standard InChI is InChI=1S/C23H16N2O3S2/c1-2-27-17-9-7-16(8-10-17)25-22(26)21(30-23(25)29)13-18-11-12-20(28-18)19-6-4-3-5-15(19)14-24/h3-13H,2H2,1H3/b21-13+. The number of hydrogen-bond donors (Lipinski definition) is 0. The zero-order valence-electron chi connectivity index (χ0n) is 16.0. The quantitative estimate of drug-likeness (QED) is 0.385. The van der Waals surface area contributed by atoms with E-state index in [4.69, 9.17) is 21.4 Å². The molecule has 7 heteroatoms. The Balaban J connectivity index is 1.58. The minimum Gasteiger partial charge on any atom is -0.494 e. The van der Waals surface area contributed by atoms with Crippen LogP contribution in [0.4, 0.5) is 5.69 Å². The first kappa shape index (κ1) is 20.0. The molecule has 148 valence electrons. The smallest absolute Gasteiger partial charge is 0.270 e. The second-order valence-electron chi connectivity index (χ2n) is 6.30. The van der Waals surface area contributed by atoms with Crippen molar-refractivity contribution in [1.29, 1.82) is 5.26 Å². The number of nitrogens with zero attached hydrogens (tertiary/aromatic N) is 2. The van der Waals surface area contributed by atoms with Crippen LogP contribution >= 0.6 is 24.0 Å². The molecule has 2 aromatic carbocycles. The summed E-state index contributed by atoms with van der Waals surface area (Å²) in [5.41, 5.74) is 1.93. The molecule has 1 aliphatic heterocycles. The summed E-state index contributed by atoms with van der Waals surface area (Å²) in [5, 5.41) is 9.29. The Labute approximate surface area is 183 Å². The molecular formula is C23H16N2O3S2. The van der Waals surface area contributed by atoms with E-state index in [0.717, 1.165) is 5.75 Å². The van der Waals surface area contributed by atoms with Gasteiger partial charge < -0.3 is 9.15 Å². The SMILES string of the molecule is CCOc1ccc(N2C(=O)/C(=C\c3ccc(-c4ccccc4C#N)o3)SC2=S)cc1. The first-order chi connectivity index (χ1) is 14.6. The van der Waals surface area contributed by atoms with Crippen LogP contribution in [0.5, 0.6) is 5.75 Å². The number of ether oxygens (including phenoxy) is 1. The molecule has 4 rings (SSSR count). The van der Waals surface area contributed by atoms with Crippen LogP contribution in [0.2, 0.25) is 0 Å². The van der Waals surface area contributed by atoms with Gasteiger partial charge in [0.25, 0.3) is 5.91 Å². The van der Waals surface area contributed by atoms with E-state index in [1.165, 1.54) is 16.7 Å². The molecule has 0 bridgehead atoms. The molecule has 0 spiro atoms. The van der Waals surface area contributed by atoms with E-state index >= 15 is 0 Å². The molecule has 1 amide bonds. The van der Waals surface area contributed by atoms with Crippen molar-refractivity contribution < 1.29 is 13.9 Å². The Morgan fingerprint density at radius 2 is 1.93 bits per heavy atom. The molecule has 0 aliphatic carbocycles. The first-order valence-electron chi connectivity index (χ1n) is 9.21. The second kappa shape index (κ2) is 8.57. The van der Waals surface area contributed by atoms with Crippen molar-refractivity contribution in [2.24, 2.45) is 0 Å². The fourth-order valence-electron chi connectivity index (χ4n) is 3.05. The van der Waals surface area contributed by atoms with Gasteiger partial charge in [-0.2, -0.15) is 5.26 Å². The van der Waals surface area contributed by atoms with Crippen molar-refractivity contribution in [3.8, 4) is 23.1 Å². The van der Waals surface area contributed by atoms with Crippen LogP contribution in [-0.2, 0) is 4.79 Å². The number of nitriles is 1. The summed E-state index contributed by atoms with van der Waals surface area (Å²) in [6.45, 7) is 2.49. The van der Waals surface area contributed by atoms with E-state index in [1.54, 1.807) is 30.3 Å². The molecule has 1 fully saturated rings. The van der Waals surface area contributed by atoms with Crippen molar-refractivity contribution in [2.75, 3.05) is 11.5 Å². The molecule has 0 N–H and O–H groups in total. The van der Waals surface area contributed by atoms with E-state index < -0.39 is 0 Å². The molecule has 0 radical (unpaired) electrons. The molecule has 2 heterocycles. The van der Waals surface area contributed by atoms with Crippen LogP contribution in [0.3, 0.4) is 0 Å². The van der Waals surface area contributed by atoms with Gasteiger partial charge >= 0.3 is 0 Å². The Hall–Kier alpha value is -3.34. The topological polar surface area (TPSA) is 66.5 Å². The third kappa shape index (κ3) is 3.88. The van der Waals surface area contributed by atoms with E-state index in [-0.39, 0.29) is 5.91 Å². The maximum atomic E-state index is 12.9. The second-order valence-corrected chi connectivity index (χ2v) is 7.98. The minimum absolute atomic E-state index is 0.204. The highest BCUT2D eigenvalue weighted by Gasteiger charge is 2.33. The van der Waals surface area contributed by atoms with Gasteiger partial charge in [0, 0.05) is 11.6 Å². The molecule has 0 saturated carbocycles. The Bertz CT molecular complexity index is 1190. The van der Waals surface area contributed by atoms with Crippen molar-refractivity contribution in [1.82, 2.24) is 0 Å². The molecular weight excluding hydrogens is 416 g/mol. The molecule has 0 atom stereocenters. The Morgan fingerprint density at radius 3 is 2.67 bits per heavy atom. The van der Waals surface area contributed by atoms with Gasteiger partial charge in [0.15, 0.2) is 4.32 Å². The molecule has 3 aromatic rings. The summed E-state index contributed by atoms with van der Waals surface area (Å²) in [4.78, 5) is 14.9. The lowest BCUT2D eigenvalue weighted by molar-refractivity contribution is -0.113. The van der Waals surface area contributed by atoms with Crippen LogP contribution in [0.15, 0.2) is 70.0 Å². The van der Waals surface area contributed by atoms with Crippen molar-refractivity contribution in [3.05, 3.63) is 76.9 Å². The largest absolute Gasteiger partial charge is 0.494 e. The number of furan rings is 1. The van der Waals surface area contributed by atoms with E-state index in [0.29, 0.717) is 44.2 Å². The molecule has 1 aliphatic rings. The lowest BCUT2D eigenvalue weighted by atomic mass is 10.1. The van der Waals surface area contributed by atoms with Gasteiger partial charge in [0.2, 0.25) is 0 Å². The lowest BCUT2D eigenvalue weighted by Gasteiger charge is -2.15. The van der Waals surface area contributed by atoms with Crippen LogP contribution in [0.25, 0.3) is 17.4 Å². The van der Waals surface area contributed by atoms with Crippen LogP contribution in [0.1, 0.15) is 18.2 Å². The highest BCUT2D eigenvalue weighted by Crippen LogP contribution is 2.37. The van der Waals surface area contributed by atoms with Crippen molar-refractivity contribution in [3.63, 3.8) is 0 Å². The Morgan fingerprint density at radius 1 is 1.17 bits per heavy atom. The molecule has 1 saturated heterocycles. The minimum atomic E-state index is -0.204. The number of carbonyl (C=O) groups excluding carboxylic acids is 1.